The largest absolute Gasteiger partial charge is 0.469 e. The molecule has 0 fully saturated rings. The highest BCUT2D eigenvalue weighted by Crippen LogP contribution is 2.13. The fraction of sp³-hybridized carbons (Fsp3) is 0.222. The third-order valence-electron chi connectivity index (χ3n) is 1.55. The Morgan fingerprint density at radius 2 is 2.17 bits per heavy atom. The predicted molar refractivity (Wildman–Crippen MR) is 49.4 cm³/mol. The van der Waals surface area contributed by atoms with Gasteiger partial charge in [-0.3, -0.25) is 4.79 Å². The summed E-state index contributed by atoms with van der Waals surface area (Å²) in [5.41, 5.74) is 0.896. The Labute approximate surface area is 77.0 Å². The van der Waals surface area contributed by atoms with Crippen molar-refractivity contribution in [2.45, 2.75) is 11.3 Å². The normalized spacial score (nSPS) is 9.50. The van der Waals surface area contributed by atoms with Crippen LogP contribution in [0.25, 0.3) is 0 Å². The van der Waals surface area contributed by atoms with Crippen LogP contribution < -0.4 is 0 Å². The summed E-state index contributed by atoms with van der Waals surface area (Å²) in [6.07, 6.45) is 0.288. The van der Waals surface area contributed by atoms with Crippen molar-refractivity contribution in [2.75, 3.05) is 7.11 Å². The third-order valence-corrected chi connectivity index (χ3v) is 1.99. The van der Waals surface area contributed by atoms with Gasteiger partial charge in [0.15, 0.2) is 0 Å². The van der Waals surface area contributed by atoms with Crippen molar-refractivity contribution < 1.29 is 9.53 Å². The van der Waals surface area contributed by atoms with Crippen molar-refractivity contribution in [3.63, 3.8) is 0 Å². The molecule has 12 heavy (non-hydrogen) atoms. The first-order valence-corrected chi connectivity index (χ1v) is 4.02. The molecule has 0 aliphatic heterocycles. The van der Waals surface area contributed by atoms with Crippen LogP contribution in [-0.2, 0) is 16.0 Å². The average Bonchev–Trinajstić information content (AvgIpc) is 2.09. The Bertz CT molecular complexity index is 284. The zero-order valence-electron chi connectivity index (χ0n) is 6.78. The third kappa shape index (κ3) is 2.27. The highest BCUT2D eigenvalue weighted by molar-refractivity contribution is 7.80. The van der Waals surface area contributed by atoms with Crippen LogP contribution in [0, 0.1) is 0 Å². The predicted octanol–water partition coefficient (Wildman–Crippen LogP) is 1.69. The summed E-state index contributed by atoms with van der Waals surface area (Å²) < 4.78 is 4.54. The average molecular weight is 182 g/mol. The second-order valence-corrected chi connectivity index (χ2v) is 2.86. The van der Waals surface area contributed by atoms with Gasteiger partial charge in [0, 0.05) is 4.90 Å². The van der Waals surface area contributed by atoms with Gasteiger partial charge in [0.2, 0.25) is 0 Å². The van der Waals surface area contributed by atoms with E-state index in [1.54, 1.807) is 0 Å². The van der Waals surface area contributed by atoms with Crippen LogP contribution in [0.3, 0.4) is 0 Å². The molecule has 0 amide bonds. The summed E-state index contributed by atoms with van der Waals surface area (Å²) >= 11 is 4.20. The van der Waals surface area contributed by atoms with E-state index < -0.39 is 0 Å². The van der Waals surface area contributed by atoms with Gasteiger partial charge in [0.05, 0.1) is 13.5 Å². The van der Waals surface area contributed by atoms with Gasteiger partial charge in [-0.1, -0.05) is 18.2 Å². The van der Waals surface area contributed by atoms with E-state index in [0.717, 1.165) is 10.5 Å². The van der Waals surface area contributed by atoms with Gasteiger partial charge in [-0.2, -0.15) is 0 Å². The molecular formula is C9H10O2S. The van der Waals surface area contributed by atoms with E-state index in [9.17, 15) is 4.79 Å². The number of hydrogen-bond donors (Lipinski definition) is 1. The van der Waals surface area contributed by atoms with Crippen molar-refractivity contribution in [2.24, 2.45) is 0 Å². The lowest BCUT2D eigenvalue weighted by molar-refractivity contribution is -0.139. The van der Waals surface area contributed by atoms with Crippen molar-refractivity contribution in [1.82, 2.24) is 0 Å². The molecule has 0 radical (unpaired) electrons. The molecular weight excluding hydrogens is 172 g/mol. The monoisotopic (exact) mass is 182 g/mol. The highest BCUT2D eigenvalue weighted by atomic mass is 32.1. The molecule has 2 nitrogen and oxygen atoms in total. The lowest BCUT2D eigenvalue weighted by atomic mass is 10.1. The van der Waals surface area contributed by atoms with Crippen LogP contribution in [0.2, 0.25) is 0 Å². The van der Waals surface area contributed by atoms with Crippen LogP contribution >= 0.6 is 12.6 Å². The zero-order valence-corrected chi connectivity index (χ0v) is 7.67. The second kappa shape index (κ2) is 4.16. The quantitative estimate of drug-likeness (QED) is 0.556. The molecule has 1 aromatic rings. The minimum atomic E-state index is -0.239. The van der Waals surface area contributed by atoms with Crippen LogP contribution in [-0.4, -0.2) is 13.1 Å². The maximum atomic E-state index is 10.9. The number of ether oxygens (including phenoxy) is 1. The summed E-state index contributed by atoms with van der Waals surface area (Å²) in [4.78, 5) is 11.7. The number of rotatable bonds is 2. The molecule has 3 heteroatoms. The molecule has 64 valence electrons. The molecule has 1 aromatic carbocycles. The first-order valence-electron chi connectivity index (χ1n) is 3.57. The van der Waals surface area contributed by atoms with E-state index in [2.05, 4.69) is 17.4 Å². The lowest BCUT2D eigenvalue weighted by Crippen LogP contribution is -2.04. The molecule has 0 aromatic heterocycles. The summed E-state index contributed by atoms with van der Waals surface area (Å²) in [7, 11) is 1.38. The van der Waals surface area contributed by atoms with Crippen LogP contribution in [0.15, 0.2) is 29.2 Å². The standard InChI is InChI=1S/C9H10O2S/c1-11-9(10)6-7-4-2-3-5-8(7)12/h2-5,12H,6H2,1H3. The van der Waals surface area contributed by atoms with Crippen LogP contribution in [0.1, 0.15) is 5.56 Å². The smallest absolute Gasteiger partial charge is 0.310 e. The molecule has 0 N–H and O–H groups in total. The first kappa shape index (κ1) is 9.13. The van der Waals surface area contributed by atoms with Crippen LogP contribution in [0.4, 0.5) is 0 Å². The Kier molecular flexibility index (Phi) is 3.17. The Morgan fingerprint density at radius 3 is 2.75 bits per heavy atom. The van der Waals surface area contributed by atoms with Crippen molar-refractivity contribution in [1.29, 1.82) is 0 Å². The number of carbonyl (C=O) groups is 1. The van der Waals surface area contributed by atoms with Crippen molar-refractivity contribution in [3.05, 3.63) is 29.8 Å². The van der Waals surface area contributed by atoms with Gasteiger partial charge in [0.25, 0.3) is 0 Å². The van der Waals surface area contributed by atoms with E-state index in [1.165, 1.54) is 7.11 Å². The second-order valence-electron chi connectivity index (χ2n) is 2.38. The summed E-state index contributed by atoms with van der Waals surface area (Å²) in [5, 5.41) is 0. The van der Waals surface area contributed by atoms with Gasteiger partial charge in [-0.15, -0.1) is 12.6 Å². The number of hydrogen-bond acceptors (Lipinski definition) is 3. The molecule has 0 saturated heterocycles. The van der Waals surface area contributed by atoms with Gasteiger partial charge < -0.3 is 4.74 Å². The minimum Gasteiger partial charge on any atom is -0.469 e. The first-order chi connectivity index (χ1) is 5.74. The van der Waals surface area contributed by atoms with E-state index >= 15 is 0 Å². The molecule has 0 bridgehead atoms. The van der Waals surface area contributed by atoms with E-state index in [1.807, 2.05) is 24.3 Å². The van der Waals surface area contributed by atoms with E-state index in [4.69, 9.17) is 0 Å². The molecule has 0 aliphatic rings. The van der Waals surface area contributed by atoms with Crippen LogP contribution in [0.5, 0.6) is 0 Å². The Morgan fingerprint density at radius 1 is 1.50 bits per heavy atom. The maximum absolute atomic E-state index is 10.9. The lowest BCUT2D eigenvalue weighted by Gasteiger charge is -2.01. The minimum absolute atomic E-state index is 0.239. The van der Waals surface area contributed by atoms with Gasteiger partial charge in [-0.25, -0.2) is 0 Å². The number of benzene rings is 1. The van der Waals surface area contributed by atoms with Crippen molar-refractivity contribution >= 4 is 18.6 Å². The van der Waals surface area contributed by atoms with E-state index in [0.29, 0.717) is 0 Å². The molecule has 1 rings (SSSR count). The molecule has 0 heterocycles. The fourth-order valence-electron chi connectivity index (χ4n) is 0.888. The number of thiol groups is 1. The molecule has 0 atom stereocenters. The highest BCUT2D eigenvalue weighted by Gasteiger charge is 2.04. The summed E-state index contributed by atoms with van der Waals surface area (Å²) in [5.74, 6) is -0.239. The van der Waals surface area contributed by atoms with Gasteiger partial charge in [-0.05, 0) is 11.6 Å². The maximum Gasteiger partial charge on any atom is 0.310 e. The SMILES string of the molecule is COC(=O)Cc1ccccc1S. The molecule has 0 unspecified atom stereocenters. The number of methoxy groups -OCH3 is 1. The number of esters is 1. The summed E-state index contributed by atoms with van der Waals surface area (Å²) in [6, 6.07) is 7.46. The van der Waals surface area contributed by atoms with Gasteiger partial charge in [0.1, 0.15) is 0 Å². The zero-order chi connectivity index (χ0) is 8.97. The van der Waals surface area contributed by atoms with Gasteiger partial charge >= 0.3 is 5.97 Å². The Balaban J connectivity index is 2.75. The van der Waals surface area contributed by atoms with E-state index in [-0.39, 0.29) is 12.4 Å². The topological polar surface area (TPSA) is 26.3 Å². The molecule has 0 spiro atoms. The fourth-order valence-corrected chi connectivity index (χ4v) is 1.13. The molecule has 0 aliphatic carbocycles. The number of carbonyl (C=O) groups excluding carboxylic acids is 1. The summed E-state index contributed by atoms with van der Waals surface area (Å²) in [6.45, 7) is 0. The van der Waals surface area contributed by atoms with Crippen molar-refractivity contribution in [3.8, 4) is 0 Å². The molecule has 0 saturated carbocycles. The Hall–Kier alpha value is -0.960.